The van der Waals surface area contributed by atoms with Crippen molar-refractivity contribution in [1.29, 1.82) is 0 Å². The second-order valence-corrected chi connectivity index (χ2v) is 6.50. The number of hydrogen-bond donors (Lipinski definition) is 0. The summed E-state index contributed by atoms with van der Waals surface area (Å²) in [6.07, 6.45) is 2.89. The first-order valence-electron chi connectivity index (χ1n) is 6.40. The molecule has 0 unspecified atom stereocenters. The van der Waals surface area contributed by atoms with Crippen LogP contribution >= 0.6 is 11.3 Å². The van der Waals surface area contributed by atoms with E-state index in [4.69, 9.17) is 4.74 Å². The molecule has 0 saturated carbocycles. The van der Waals surface area contributed by atoms with E-state index in [0.717, 1.165) is 4.31 Å². The molecule has 2 rings (SSSR count). The molecule has 120 valence electrons. The highest BCUT2D eigenvalue weighted by atomic mass is 32.2. The van der Waals surface area contributed by atoms with Crippen molar-refractivity contribution in [3.8, 4) is 0 Å². The van der Waals surface area contributed by atoms with E-state index in [9.17, 15) is 13.2 Å². The van der Waals surface area contributed by atoms with Gasteiger partial charge in [-0.05, 0) is 13.0 Å². The van der Waals surface area contributed by atoms with E-state index in [0.29, 0.717) is 11.6 Å². The van der Waals surface area contributed by atoms with Gasteiger partial charge in [0.2, 0.25) is 0 Å². The Kier molecular flexibility index (Phi) is 5.27. The Morgan fingerprint density at radius 1 is 1.45 bits per heavy atom. The van der Waals surface area contributed by atoms with Crippen molar-refractivity contribution in [3.63, 3.8) is 0 Å². The quantitative estimate of drug-likeness (QED) is 0.553. The highest BCUT2D eigenvalue weighted by molar-refractivity contribution is 7.88. The standard InChI is InChI=1S/C12H15N3O5S2/c1-3-20-6-5-15-10(12(16)19-2)8-9(14-22(15,17)18)11-13-4-7-21-11/h4,7-8H,3,5-6H2,1-2H3. The molecule has 0 atom stereocenters. The third kappa shape index (κ3) is 3.51. The van der Waals surface area contributed by atoms with Gasteiger partial charge in [0, 0.05) is 18.2 Å². The molecule has 0 radical (unpaired) electrons. The van der Waals surface area contributed by atoms with Crippen molar-refractivity contribution in [3.05, 3.63) is 28.4 Å². The first-order valence-corrected chi connectivity index (χ1v) is 8.67. The number of nitrogens with zero attached hydrogens (tertiary/aromatic N) is 3. The van der Waals surface area contributed by atoms with Crippen molar-refractivity contribution < 1.29 is 22.7 Å². The lowest BCUT2D eigenvalue weighted by molar-refractivity contribution is -0.137. The fourth-order valence-electron chi connectivity index (χ4n) is 1.77. The van der Waals surface area contributed by atoms with Crippen LogP contribution in [0.25, 0.3) is 0 Å². The van der Waals surface area contributed by atoms with Gasteiger partial charge in [0.25, 0.3) is 0 Å². The van der Waals surface area contributed by atoms with Crippen molar-refractivity contribution >= 4 is 33.2 Å². The third-order valence-corrected chi connectivity index (χ3v) is 4.88. The summed E-state index contributed by atoms with van der Waals surface area (Å²) in [5.41, 5.74) is 0.00506. The minimum Gasteiger partial charge on any atom is -0.464 e. The number of ether oxygens (including phenoxy) is 2. The predicted octanol–water partition coefficient (Wildman–Crippen LogP) is 0.586. The molecule has 0 spiro atoms. The van der Waals surface area contributed by atoms with Crippen LogP contribution in [0.2, 0.25) is 0 Å². The van der Waals surface area contributed by atoms with Crippen molar-refractivity contribution in [2.24, 2.45) is 4.40 Å². The van der Waals surface area contributed by atoms with E-state index in [1.165, 1.54) is 30.7 Å². The van der Waals surface area contributed by atoms with Gasteiger partial charge in [-0.2, -0.15) is 8.42 Å². The van der Waals surface area contributed by atoms with Gasteiger partial charge in [0.1, 0.15) is 16.4 Å². The van der Waals surface area contributed by atoms with Crippen LogP contribution in [-0.4, -0.2) is 56.3 Å². The van der Waals surface area contributed by atoms with Crippen molar-refractivity contribution in [2.75, 3.05) is 26.9 Å². The van der Waals surface area contributed by atoms with Gasteiger partial charge in [-0.3, -0.25) is 0 Å². The SMILES string of the molecule is CCOCCN1C(C(=O)OC)=CC(c2nccs2)=NS1(=O)=O. The lowest BCUT2D eigenvalue weighted by atomic mass is 10.3. The van der Waals surface area contributed by atoms with Gasteiger partial charge in [0.05, 0.1) is 20.3 Å². The molecule has 2 heterocycles. The van der Waals surface area contributed by atoms with Crippen LogP contribution in [0.5, 0.6) is 0 Å². The molecular formula is C12H15N3O5S2. The lowest BCUT2D eigenvalue weighted by Crippen LogP contribution is -2.38. The molecule has 1 aromatic rings. The van der Waals surface area contributed by atoms with E-state index in [1.807, 2.05) is 0 Å². The van der Waals surface area contributed by atoms with Crippen LogP contribution in [0.4, 0.5) is 0 Å². The number of thiazole rings is 1. The summed E-state index contributed by atoms with van der Waals surface area (Å²) in [6.45, 7) is 2.36. The number of allylic oxidation sites excluding steroid dienone is 1. The van der Waals surface area contributed by atoms with Gasteiger partial charge >= 0.3 is 16.2 Å². The molecule has 0 amide bonds. The lowest BCUT2D eigenvalue weighted by Gasteiger charge is -2.25. The number of hydrogen-bond acceptors (Lipinski definition) is 7. The van der Waals surface area contributed by atoms with Crippen molar-refractivity contribution in [2.45, 2.75) is 6.92 Å². The van der Waals surface area contributed by atoms with E-state index in [-0.39, 0.29) is 24.6 Å². The van der Waals surface area contributed by atoms with E-state index >= 15 is 0 Å². The Morgan fingerprint density at radius 3 is 2.82 bits per heavy atom. The average molecular weight is 345 g/mol. The van der Waals surface area contributed by atoms with Gasteiger partial charge in [-0.1, -0.05) is 0 Å². The smallest absolute Gasteiger partial charge is 0.355 e. The molecule has 0 saturated heterocycles. The second kappa shape index (κ2) is 6.99. The van der Waals surface area contributed by atoms with Gasteiger partial charge in [-0.15, -0.1) is 15.7 Å². The summed E-state index contributed by atoms with van der Waals surface area (Å²) < 4.78 is 39.0. The van der Waals surface area contributed by atoms with Gasteiger partial charge in [0.15, 0.2) is 0 Å². The fraction of sp³-hybridized carbons (Fsp3) is 0.417. The molecule has 10 heteroatoms. The normalized spacial score (nSPS) is 16.9. The predicted molar refractivity (Wildman–Crippen MR) is 80.9 cm³/mol. The summed E-state index contributed by atoms with van der Waals surface area (Å²) >= 11 is 1.23. The maximum absolute atomic E-state index is 12.3. The topological polar surface area (TPSA) is 98.2 Å². The summed E-state index contributed by atoms with van der Waals surface area (Å²) in [7, 11) is -2.86. The number of methoxy groups -OCH3 is 1. The van der Waals surface area contributed by atoms with Crippen LogP contribution in [-0.2, 0) is 24.5 Å². The number of esters is 1. The maximum Gasteiger partial charge on any atom is 0.355 e. The number of carbonyl (C=O) groups is 1. The summed E-state index contributed by atoms with van der Waals surface area (Å²) in [4.78, 5) is 15.9. The van der Waals surface area contributed by atoms with Crippen LogP contribution < -0.4 is 0 Å². The van der Waals surface area contributed by atoms with Crippen LogP contribution in [0.3, 0.4) is 0 Å². The monoisotopic (exact) mass is 345 g/mol. The molecule has 0 bridgehead atoms. The molecule has 8 nitrogen and oxygen atoms in total. The Morgan fingerprint density at radius 2 is 2.23 bits per heavy atom. The molecule has 0 N–H and O–H groups in total. The number of aromatic nitrogens is 1. The van der Waals surface area contributed by atoms with E-state index in [2.05, 4.69) is 14.1 Å². The molecule has 0 aliphatic carbocycles. The molecule has 1 aliphatic rings. The van der Waals surface area contributed by atoms with Gasteiger partial charge < -0.3 is 9.47 Å². The zero-order valence-electron chi connectivity index (χ0n) is 12.1. The third-order valence-electron chi connectivity index (χ3n) is 2.72. The first kappa shape index (κ1) is 16.6. The number of rotatable bonds is 6. The van der Waals surface area contributed by atoms with E-state index in [1.54, 1.807) is 12.3 Å². The molecule has 1 aromatic heterocycles. The van der Waals surface area contributed by atoms with Crippen molar-refractivity contribution in [1.82, 2.24) is 9.29 Å². The first-order chi connectivity index (χ1) is 10.5. The highest BCUT2D eigenvalue weighted by Crippen LogP contribution is 2.22. The summed E-state index contributed by atoms with van der Waals surface area (Å²) in [5.74, 6) is -0.760. The Labute approximate surface area is 132 Å². The number of carbonyl (C=O) groups excluding carboxylic acids is 1. The molecular weight excluding hydrogens is 330 g/mol. The highest BCUT2D eigenvalue weighted by Gasteiger charge is 2.33. The zero-order chi connectivity index (χ0) is 16.2. The Balaban J connectivity index is 2.40. The molecule has 0 fully saturated rings. The minimum atomic E-state index is -4.04. The summed E-state index contributed by atoms with van der Waals surface area (Å²) in [6, 6.07) is 0. The average Bonchev–Trinajstić information content (AvgIpc) is 3.01. The molecule has 22 heavy (non-hydrogen) atoms. The maximum atomic E-state index is 12.3. The Bertz CT molecular complexity index is 694. The van der Waals surface area contributed by atoms with Crippen LogP contribution in [0.1, 0.15) is 11.9 Å². The minimum absolute atomic E-state index is 0.0221. The zero-order valence-corrected chi connectivity index (χ0v) is 13.7. The Hall–Kier alpha value is -1.78. The van der Waals surface area contributed by atoms with Crippen LogP contribution in [0, 0.1) is 0 Å². The summed E-state index contributed by atoms with van der Waals surface area (Å²) in [5, 5.41) is 2.10. The van der Waals surface area contributed by atoms with Gasteiger partial charge in [-0.25, -0.2) is 14.1 Å². The largest absolute Gasteiger partial charge is 0.464 e. The molecule has 0 aromatic carbocycles. The van der Waals surface area contributed by atoms with Crippen LogP contribution in [0.15, 0.2) is 27.7 Å². The second-order valence-electron chi connectivity index (χ2n) is 4.08. The molecule has 1 aliphatic heterocycles. The fourth-order valence-corrected chi connectivity index (χ4v) is 3.59. The van der Waals surface area contributed by atoms with E-state index < -0.39 is 16.2 Å².